The van der Waals surface area contributed by atoms with Gasteiger partial charge in [0.15, 0.2) is 0 Å². The highest BCUT2D eigenvalue weighted by atomic mass is 32.2. The van der Waals surface area contributed by atoms with Gasteiger partial charge in [0, 0.05) is 6.04 Å². The van der Waals surface area contributed by atoms with Crippen LogP contribution in [0.5, 0.6) is 0 Å². The predicted octanol–water partition coefficient (Wildman–Crippen LogP) is 1.00. The van der Waals surface area contributed by atoms with Crippen LogP contribution in [0.3, 0.4) is 0 Å². The topological polar surface area (TPSA) is 74.8 Å². The zero-order valence-electron chi connectivity index (χ0n) is 8.47. The minimum atomic E-state index is -3.36. The van der Waals surface area contributed by atoms with Crippen molar-refractivity contribution < 1.29 is 8.42 Å². The molecule has 84 valence electrons. The fourth-order valence-corrected chi connectivity index (χ4v) is 2.90. The van der Waals surface area contributed by atoms with E-state index in [4.69, 9.17) is 0 Å². The Bertz CT molecular complexity index is 628. The van der Waals surface area contributed by atoms with E-state index in [0.717, 1.165) is 23.9 Å². The fourth-order valence-electron chi connectivity index (χ4n) is 1.57. The summed E-state index contributed by atoms with van der Waals surface area (Å²) in [5, 5.41) is 0. The number of benzene rings is 1. The lowest BCUT2D eigenvalue weighted by atomic mass is 10.3. The molecule has 16 heavy (non-hydrogen) atoms. The minimum absolute atomic E-state index is 0.127. The summed E-state index contributed by atoms with van der Waals surface area (Å²) >= 11 is 0. The second kappa shape index (κ2) is 3.29. The highest BCUT2D eigenvalue weighted by Crippen LogP contribution is 2.23. The van der Waals surface area contributed by atoms with Gasteiger partial charge in [-0.15, -0.1) is 0 Å². The number of rotatable bonds is 3. The summed E-state index contributed by atoms with van der Waals surface area (Å²) in [4.78, 5) is 7.23. The molecule has 1 saturated carbocycles. The number of aromatic nitrogens is 2. The van der Waals surface area contributed by atoms with E-state index in [-0.39, 0.29) is 10.9 Å². The maximum absolute atomic E-state index is 11.9. The van der Waals surface area contributed by atoms with E-state index < -0.39 is 10.0 Å². The molecule has 0 aliphatic heterocycles. The Hall–Kier alpha value is -1.40. The number of imidazole rings is 1. The maximum atomic E-state index is 11.9. The van der Waals surface area contributed by atoms with Crippen molar-refractivity contribution in [1.29, 1.82) is 0 Å². The van der Waals surface area contributed by atoms with Crippen LogP contribution in [0.4, 0.5) is 0 Å². The molecule has 0 amide bonds. The SMILES string of the molecule is O=S(=O)(NC1CC1)c1ccc2nc[nH]c2c1. The molecular weight excluding hydrogens is 226 g/mol. The third-order valence-corrected chi connectivity index (χ3v) is 4.12. The number of fused-ring (bicyclic) bond motifs is 1. The Morgan fingerprint density at radius 2 is 2.19 bits per heavy atom. The first-order valence-electron chi connectivity index (χ1n) is 5.11. The zero-order valence-corrected chi connectivity index (χ0v) is 9.29. The Morgan fingerprint density at radius 3 is 2.94 bits per heavy atom. The summed E-state index contributed by atoms with van der Waals surface area (Å²) in [5.41, 5.74) is 1.50. The van der Waals surface area contributed by atoms with Crippen molar-refractivity contribution in [3.05, 3.63) is 24.5 Å². The molecule has 2 N–H and O–H groups in total. The number of nitrogens with one attached hydrogen (secondary N) is 2. The number of sulfonamides is 1. The third-order valence-electron chi connectivity index (χ3n) is 2.60. The molecular formula is C10H11N3O2S. The first-order chi connectivity index (χ1) is 7.65. The Kier molecular flexibility index (Phi) is 2.02. The summed E-state index contributed by atoms with van der Waals surface area (Å²) in [7, 11) is -3.36. The summed E-state index contributed by atoms with van der Waals surface area (Å²) in [6, 6.07) is 5.01. The first-order valence-corrected chi connectivity index (χ1v) is 6.59. The number of H-pyrrole nitrogens is 1. The number of hydrogen-bond acceptors (Lipinski definition) is 3. The average Bonchev–Trinajstić information content (AvgIpc) is 2.93. The molecule has 0 unspecified atom stereocenters. The van der Waals surface area contributed by atoms with Crippen LogP contribution in [0.15, 0.2) is 29.4 Å². The van der Waals surface area contributed by atoms with Gasteiger partial charge in [0.05, 0.1) is 22.3 Å². The second-order valence-corrected chi connectivity index (χ2v) is 5.69. The van der Waals surface area contributed by atoms with Gasteiger partial charge in [0.1, 0.15) is 0 Å². The van der Waals surface area contributed by atoms with Gasteiger partial charge in [0.25, 0.3) is 0 Å². The van der Waals surface area contributed by atoms with Crippen molar-refractivity contribution >= 4 is 21.1 Å². The molecule has 1 aliphatic rings. The Morgan fingerprint density at radius 1 is 1.38 bits per heavy atom. The van der Waals surface area contributed by atoms with Gasteiger partial charge < -0.3 is 4.98 Å². The molecule has 3 rings (SSSR count). The lowest BCUT2D eigenvalue weighted by Crippen LogP contribution is -2.25. The van der Waals surface area contributed by atoms with E-state index in [1.165, 1.54) is 0 Å². The van der Waals surface area contributed by atoms with Crippen molar-refractivity contribution in [1.82, 2.24) is 14.7 Å². The highest BCUT2D eigenvalue weighted by Gasteiger charge is 2.28. The molecule has 1 aromatic carbocycles. The van der Waals surface area contributed by atoms with Gasteiger partial charge in [-0.1, -0.05) is 0 Å². The normalized spacial score (nSPS) is 16.8. The minimum Gasteiger partial charge on any atom is -0.345 e. The van der Waals surface area contributed by atoms with Crippen LogP contribution in [0, 0.1) is 0 Å². The molecule has 0 spiro atoms. The van der Waals surface area contributed by atoms with E-state index in [1.807, 2.05) is 0 Å². The molecule has 1 aromatic heterocycles. The van der Waals surface area contributed by atoms with E-state index in [2.05, 4.69) is 14.7 Å². The van der Waals surface area contributed by atoms with Crippen molar-refractivity contribution in [3.8, 4) is 0 Å². The van der Waals surface area contributed by atoms with Gasteiger partial charge in [-0.2, -0.15) is 0 Å². The molecule has 0 saturated heterocycles. The quantitative estimate of drug-likeness (QED) is 0.836. The lowest BCUT2D eigenvalue weighted by molar-refractivity contribution is 0.581. The van der Waals surface area contributed by atoms with Crippen LogP contribution in [0.1, 0.15) is 12.8 Å². The average molecular weight is 237 g/mol. The van der Waals surface area contributed by atoms with Crippen molar-refractivity contribution in [2.75, 3.05) is 0 Å². The first kappa shape index (κ1) is 9.80. The van der Waals surface area contributed by atoms with E-state index in [9.17, 15) is 8.42 Å². The predicted molar refractivity (Wildman–Crippen MR) is 59.4 cm³/mol. The van der Waals surface area contributed by atoms with Gasteiger partial charge in [-0.25, -0.2) is 18.1 Å². The fraction of sp³-hybridized carbons (Fsp3) is 0.300. The summed E-state index contributed by atoms with van der Waals surface area (Å²) in [5.74, 6) is 0. The van der Waals surface area contributed by atoms with Crippen molar-refractivity contribution in [2.24, 2.45) is 0 Å². The van der Waals surface area contributed by atoms with Crippen molar-refractivity contribution in [3.63, 3.8) is 0 Å². The Labute approximate surface area is 92.9 Å². The molecule has 0 bridgehead atoms. The van der Waals surface area contributed by atoms with Gasteiger partial charge >= 0.3 is 0 Å². The highest BCUT2D eigenvalue weighted by molar-refractivity contribution is 7.89. The molecule has 6 heteroatoms. The number of aromatic amines is 1. The third kappa shape index (κ3) is 1.70. The molecule has 5 nitrogen and oxygen atoms in total. The van der Waals surface area contributed by atoms with Crippen LogP contribution in [0.2, 0.25) is 0 Å². The maximum Gasteiger partial charge on any atom is 0.240 e. The van der Waals surface area contributed by atoms with Crippen LogP contribution in [-0.2, 0) is 10.0 Å². The largest absolute Gasteiger partial charge is 0.345 e. The monoisotopic (exact) mass is 237 g/mol. The van der Waals surface area contributed by atoms with Gasteiger partial charge in [-0.05, 0) is 31.0 Å². The number of nitrogens with zero attached hydrogens (tertiary/aromatic N) is 1. The molecule has 1 heterocycles. The summed E-state index contributed by atoms with van der Waals surface area (Å²) < 4.78 is 26.4. The van der Waals surface area contributed by atoms with Gasteiger partial charge in [0.2, 0.25) is 10.0 Å². The zero-order chi connectivity index (χ0) is 11.2. The smallest absolute Gasteiger partial charge is 0.240 e. The Balaban J connectivity index is 2.03. The van der Waals surface area contributed by atoms with Crippen molar-refractivity contribution in [2.45, 2.75) is 23.8 Å². The second-order valence-electron chi connectivity index (χ2n) is 3.98. The van der Waals surface area contributed by atoms with E-state index >= 15 is 0 Å². The number of hydrogen-bond donors (Lipinski definition) is 2. The van der Waals surface area contributed by atoms with E-state index in [0.29, 0.717) is 0 Å². The van der Waals surface area contributed by atoms with Gasteiger partial charge in [-0.3, -0.25) is 0 Å². The van der Waals surface area contributed by atoms with Crippen LogP contribution >= 0.6 is 0 Å². The lowest BCUT2D eigenvalue weighted by Gasteiger charge is -2.04. The van der Waals surface area contributed by atoms with Crippen LogP contribution in [-0.4, -0.2) is 24.4 Å². The van der Waals surface area contributed by atoms with E-state index in [1.54, 1.807) is 24.5 Å². The molecule has 2 aromatic rings. The summed E-state index contributed by atoms with van der Waals surface area (Å²) in [6.45, 7) is 0. The molecule has 1 fully saturated rings. The summed E-state index contributed by atoms with van der Waals surface area (Å²) in [6.07, 6.45) is 3.42. The standard InChI is InChI=1S/C10H11N3O2S/c14-16(15,13-7-1-2-7)8-3-4-9-10(5-8)12-6-11-9/h3-7,13H,1-2H2,(H,11,12). The molecule has 0 radical (unpaired) electrons. The van der Waals surface area contributed by atoms with Crippen LogP contribution < -0.4 is 4.72 Å². The molecule has 1 aliphatic carbocycles. The van der Waals surface area contributed by atoms with Crippen LogP contribution in [0.25, 0.3) is 11.0 Å². The molecule has 0 atom stereocenters.